The van der Waals surface area contributed by atoms with Crippen LogP contribution in [0.15, 0.2) is 52.6 Å². The number of benzene rings is 2. The third kappa shape index (κ3) is 4.47. The number of carbonyl (C=O) groups excluding carboxylic acids is 1. The van der Waals surface area contributed by atoms with Crippen molar-refractivity contribution in [2.24, 2.45) is 0 Å². The molecule has 0 radical (unpaired) electrons. The maximum Gasteiger partial charge on any atom is 0.277 e. The molecule has 6 nitrogen and oxygen atoms in total. The van der Waals surface area contributed by atoms with E-state index < -0.39 is 0 Å². The molecule has 2 heterocycles. The highest BCUT2D eigenvalue weighted by atomic mass is 35.5. The Hall–Kier alpha value is -3.16. The summed E-state index contributed by atoms with van der Waals surface area (Å²) in [5.41, 5.74) is 5.24. The number of rotatable bonds is 5. The number of aromatic amines is 1. The van der Waals surface area contributed by atoms with Crippen molar-refractivity contribution in [1.82, 2.24) is 14.8 Å². The van der Waals surface area contributed by atoms with E-state index in [1.165, 1.54) is 21.6 Å². The molecule has 2 aromatic carbocycles. The van der Waals surface area contributed by atoms with Gasteiger partial charge in [0.1, 0.15) is 0 Å². The molecule has 2 aromatic heterocycles. The number of nitrogens with one attached hydrogen (secondary N) is 2. The zero-order valence-electron chi connectivity index (χ0n) is 17.3. The van der Waals surface area contributed by atoms with E-state index in [0.29, 0.717) is 27.1 Å². The molecule has 4 rings (SSSR count). The molecule has 0 bridgehead atoms. The minimum absolute atomic E-state index is 0.0458. The SMILES string of the molecule is Cc1ccc(-c2csc(-n3[nH]c(C)c(CC(=O)Nc4ccc(C)c(Cl)c4)c3=O)n2)cc1. The number of aromatic nitrogens is 3. The normalized spacial score (nSPS) is 11.0. The number of halogens is 1. The molecule has 31 heavy (non-hydrogen) atoms. The van der Waals surface area contributed by atoms with Crippen molar-refractivity contribution >= 4 is 34.5 Å². The van der Waals surface area contributed by atoms with E-state index in [1.807, 2.05) is 49.6 Å². The first-order valence-corrected chi connectivity index (χ1v) is 11.0. The van der Waals surface area contributed by atoms with Crippen LogP contribution in [-0.4, -0.2) is 20.7 Å². The summed E-state index contributed by atoms with van der Waals surface area (Å²) in [5.74, 6) is -0.286. The molecule has 8 heteroatoms. The molecule has 0 atom stereocenters. The third-order valence-electron chi connectivity index (χ3n) is 5.02. The lowest BCUT2D eigenvalue weighted by Gasteiger charge is -2.06. The molecule has 0 saturated heterocycles. The molecule has 0 aliphatic rings. The summed E-state index contributed by atoms with van der Waals surface area (Å²) in [7, 11) is 0. The zero-order chi connectivity index (χ0) is 22.1. The molecule has 2 N–H and O–H groups in total. The number of amides is 1. The minimum atomic E-state index is -0.286. The van der Waals surface area contributed by atoms with E-state index in [2.05, 4.69) is 15.4 Å². The summed E-state index contributed by atoms with van der Waals surface area (Å²) in [6.07, 6.45) is -0.0458. The van der Waals surface area contributed by atoms with Crippen molar-refractivity contribution in [3.63, 3.8) is 0 Å². The summed E-state index contributed by atoms with van der Waals surface area (Å²) < 4.78 is 1.39. The Bertz CT molecular complexity index is 1320. The summed E-state index contributed by atoms with van der Waals surface area (Å²) in [6.45, 7) is 5.70. The number of nitrogens with zero attached hydrogens (tertiary/aromatic N) is 2. The first-order valence-electron chi connectivity index (χ1n) is 9.71. The Morgan fingerprint density at radius 2 is 1.90 bits per heavy atom. The summed E-state index contributed by atoms with van der Waals surface area (Å²) in [5, 5.41) is 8.85. The molecule has 0 aliphatic carbocycles. The molecular formula is C23H21ClN4O2S. The first kappa shape index (κ1) is 21.1. The van der Waals surface area contributed by atoms with Gasteiger partial charge in [-0.05, 0) is 38.5 Å². The fraction of sp³-hybridized carbons (Fsp3) is 0.174. The third-order valence-corrected chi connectivity index (χ3v) is 6.25. The molecule has 0 spiro atoms. The van der Waals surface area contributed by atoms with Crippen LogP contribution >= 0.6 is 22.9 Å². The van der Waals surface area contributed by atoms with Crippen molar-refractivity contribution in [3.8, 4) is 16.4 Å². The molecule has 0 aliphatic heterocycles. The second kappa shape index (κ2) is 8.53. The van der Waals surface area contributed by atoms with Crippen molar-refractivity contribution in [2.75, 3.05) is 5.32 Å². The van der Waals surface area contributed by atoms with E-state index in [-0.39, 0.29) is 17.9 Å². The molecule has 0 fully saturated rings. The Kier molecular flexibility index (Phi) is 5.80. The predicted molar refractivity (Wildman–Crippen MR) is 125 cm³/mol. The van der Waals surface area contributed by atoms with Gasteiger partial charge in [-0.1, -0.05) is 47.5 Å². The standard InChI is InChI=1S/C23H21ClN4O2S/c1-13-4-7-16(8-5-13)20-12-31-23(26-20)28-22(30)18(15(3)27-28)11-21(29)25-17-9-6-14(2)19(24)10-17/h4-10,12,27H,11H2,1-3H3,(H,25,29). The number of aryl methyl sites for hydroxylation is 3. The van der Waals surface area contributed by atoms with Gasteiger partial charge in [0.15, 0.2) is 0 Å². The Morgan fingerprint density at radius 1 is 1.16 bits per heavy atom. The Morgan fingerprint density at radius 3 is 2.61 bits per heavy atom. The molecule has 158 valence electrons. The van der Waals surface area contributed by atoms with Crippen molar-refractivity contribution < 1.29 is 4.79 Å². The lowest BCUT2D eigenvalue weighted by Crippen LogP contribution is -2.22. The van der Waals surface area contributed by atoms with Crippen LogP contribution in [-0.2, 0) is 11.2 Å². The van der Waals surface area contributed by atoms with Gasteiger partial charge in [-0.15, -0.1) is 11.3 Å². The van der Waals surface area contributed by atoms with E-state index in [4.69, 9.17) is 11.6 Å². The monoisotopic (exact) mass is 452 g/mol. The van der Waals surface area contributed by atoms with Gasteiger partial charge in [-0.2, -0.15) is 4.68 Å². The number of H-pyrrole nitrogens is 1. The number of anilines is 1. The number of hydrogen-bond acceptors (Lipinski definition) is 4. The Labute approximate surface area is 188 Å². The van der Waals surface area contributed by atoms with Gasteiger partial charge in [0.25, 0.3) is 5.56 Å². The van der Waals surface area contributed by atoms with Crippen LogP contribution in [0.3, 0.4) is 0 Å². The molecular weight excluding hydrogens is 432 g/mol. The van der Waals surface area contributed by atoms with Gasteiger partial charge in [0.2, 0.25) is 11.0 Å². The van der Waals surface area contributed by atoms with Gasteiger partial charge in [0, 0.05) is 32.9 Å². The van der Waals surface area contributed by atoms with E-state index in [9.17, 15) is 9.59 Å². The number of thiazole rings is 1. The topological polar surface area (TPSA) is 79.8 Å². The summed E-state index contributed by atoms with van der Waals surface area (Å²) in [6, 6.07) is 13.4. The summed E-state index contributed by atoms with van der Waals surface area (Å²) in [4.78, 5) is 30.1. The van der Waals surface area contributed by atoms with Crippen LogP contribution < -0.4 is 10.9 Å². The van der Waals surface area contributed by atoms with Gasteiger partial charge in [-0.3, -0.25) is 14.7 Å². The fourth-order valence-electron chi connectivity index (χ4n) is 3.18. The average Bonchev–Trinajstić information content (AvgIpc) is 3.32. The predicted octanol–water partition coefficient (Wildman–Crippen LogP) is 5.05. The van der Waals surface area contributed by atoms with Gasteiger partial charge < -0.3 is 5.32 Å². The highest BCUT2D eigenvalue weighted by Gasteiger charge is 2.18. The average molecular weight is 453 g/mol. The van der Waals surface area contributed by atoms with Crippen LogP contribution in [0.5, 0.6) is 0 Å². The van der Waals surface area contributed by atoms with Gasteiger partial charge >= 0.3 is 0 Å². The van der Waals surface area contributed by atoms with Crippen molar-refractivity contribution in [1.29, 1.82) is 0 Å². The van der Waals surface area contributed by atoms with E-state index in [0.717, 1.165) is 16.8 Å². The van der Waals surface area contributed by atoms with Crippen LogP contribution in [0.4, 0.5) is 5.69 Å². The number of hydrogen-bond donors (Lipinski definition) is 2. The maximum atomic E-state index is 13.0. The lowest BCUT2D eigenvalue weighted by molar-refractivity contribution is -0.115. The smallest absolute Gasteiger partial charge is 0.277 e. The molecule has 0 unspecified atom stereocenters. The zero-order valence-corrected chi connectivity index (χ0v) is 18.9. The molecule has 0 saturated carbocycles. The van der Waals surface area contributed by atoms with Crippen LogP contribution in [0.25, 0.3) is 16.4 Å². The Balaban J connectivity index is 1.55. The first-order chi connectivity index (χ1) is 14.8. The molecule has 1 amide bonds. The van der Waals surface area contributed by atoms with Crippen molar-refractivity contribution in [3.05, 3.63) is 85.6 Å². The second-order valence-electron chi connectivity index (χ2n) is 7.43. The van der Waals surface area contributed by atoms with Crippen LogP contribution in [0.2, 0.25) is 5.02 Å². The van der Waals surface area contributed by atoms with E-state index >= 15 is 0 Å². The van der Waals surface area contributed by atoms with Crippen LogP contribution in [0.1, 0.15) is 22.4 Å². The highest BCUT2D eigenvalue weighted by molar-refractivity contribution is 7.12. The lowest BCUT2D eigenvalue weighted by atomic mass is 10.1. The van der Waals surface area contributed by atoms with E-state index in [1.54, 1.807) is 19.1 Å². The maximum absolute atomic E-state index is 13.0. The fourth-order valence-corrected chi connectivity index (χ4v) is 4.16. The largest absolute Gasteiger partial charge is 0.326 e. The summed E-state index contributed by atoms with van der Waals surface area (Å²) >= 11 is 7.49. The van der Waals surface area contributed by atoms with Crippen molar-refractivity contribution in [2.45, 2.75) is 27.2 Å². The van der Waals surface area contributed by atoms with Gasteiger partial charge in [-0.25, -0.2) is 4.98 Å². The van der Waals surface area contributed by atoms with Crippen LogP contribution in [0, 0.1) is 20.8 Å². The second-order valence-corrected chi connectivity index (χ2v) is 8.67. The van der Waals surface area contributed by atoms with Gasteiger partial charge in [0.05, 0.1) is 12.1 Å². The molecule has 4 aromatic rings. The highest BCUT2D eigenvalue weighted by Crippen LogP contribution is 2.24. The minimum Gasteiger partial charge on any atom is -0.326 e. The number of carbonyl (C=O) groups is 1. The quantitative estimate of drug-likeness (QED) is 0.444.